The maximum Gasteiger partial charge on any atom is 0.349 e. The van der Waals surface area contributed by atoms with Crippen LogP contribution in [0.5, 0.6) is 0 Å². The number of carbonyl (C=O) groups is 2. The molecule has 0 saturated carbocycles. The minimum Gasteiger partial charge on any atom is -0.363 e. The van der Waals surface area contributed by atoms with Gasteiger partial charge < -0.3 is 10.2 Å². The van der Waals surface area contributed by atoms with Gasteiger partial charge in [0, 0.05) is 12.1 Å². The molecule has 1 rings (SSSR count). The summed E-state index contributed by atoms with van der Waals surface area (Å²) in [7, 11) is 0. The van der Waals surface area contributed by atoms with E-state index in [4.69, 9.17) is 4.84 Å². The first-order chi connectivity index (χ1) is 9.12. The van der Waals surface area contributed by atoms with Crippen molar-refractivity contribution in [1.82, 2.24) is 10.4 Å². The number of nitrogens with one attached hydrogen (secondary N) is 1. The van der Waals surface area contributed by atoms with Crippen molar-refractivity contribution in [2.24, 2.45) is 0 Å². The Morgan fingerprint density at radius 2 is 1.65 bits per heavy atom. The van der Waals surface area contributed by atoms with Crippen molar-refractivity contribution in [3.8, 4) is 0 Å². The lowest BCUT2D eigenvalue weighted by Gasteiger charge is -2.52. The molecule has 0 aromatic rings. The van der Waals surface area contributed by atoms with Crippen LogP contribution in [0.4, 0.5) is 0 Å². The molecule has 112 valence electrons. The molecule has 0 aromatic carbocycles. The van der Waals surface area contributed by atoms with Crippen LogP contribution in [0.25, 0.3) is 0 Å². The highest BCUT2D eigenvalue weighted by Crippen LogP contribution is 2.38. The van der Waals surface area contributed by atoms with Crippen LogP contribution in [-0.4, -0.2) is 34.1 Å². The number of nitrogens with zero attached hydrogens (tertiary/aromatic N) is 1. The Morgan fingerprint density at radius 1 is 1.15 bits per heavy atom. The Hall–Kier alpha value is -1.62. The normalized spacial score (nSPS) is 21.8. The molecule has 0 spiro atoms. The van der Waals surface area contributed by atoms with E-state index in [1.807, 2.05) is 27.7 Å². The van der Waals surface area contributed by atoms with Crippen molar-refractivity contribution in [2.75, 3.05) is 0 Å². The zero-order chi connectivity index (χ0) is 15.6. The van der Waals surface area contributed by atoms with Crippen LogP contribution >= 0.6 is 0 Å². The fourth-order valence-corrected chi connectivity index (χ4v) is 3.00. The third-order valence-electron chi connectivity index (χ3n) is 3.47. The van der Waals surface area contributed by atoms with Crippen LogP contribution in [-0.2, 0) is 14.4 Å². The van der Waals surface area contributed by atoms with Crippen LogP contribution in [0.3, 0.4) is 0 Å². The summed E-state index contributed by atoms with van der Waals surface area (Å²) in [6.45, 7) is 14.8. The first kappa shape index (κ1) is 16.4. The lowest BCUT2D eigenvalue weighted by atomic mass is 9.79. The van der Waals surface area contributed by atoms with Crippen LogP contribution in [0, 0.1) is 0 Å². The smallest absolute Gasteiger partial charge is 0.349 e. The third-order valence-corrected chi connectivity index (χ3v) is 3.47. The molecule has 1 N–H and O–H groups in total. The van der Waals surface area contributed by atoms with Gasteiger partial charge in [-0.15, -0.1) is 5.06 Å². The van der Waals surface area contributed by atoms with Gasteiger partial charge in [0.1, 0.15) is 0 Å². The number of hydrogen-bond acceptors (Lipinski definition) is 4. The summed E-state index contributed by atoms with van der Waals surface area (Å²) in [5.74, 6) is -0.655. The zero-order valence-electron chi connectivity index (χ0n) is 12.7. The van der Waals surface area contributed by atoms with Gasteiger partial charge >= 0.3 is 5.97 Å². The number of piperidine rings is 1. The van der Waals surface area contributed by atoms with E-state index in [2.05, 4.69) is 18.5 Å². The molecule has 0 aromatic heterocycles. The fraction of sp³-hybridized carbons (Fsp3) is 0.600. The Kier molecular flexibility index (Phi) is 4.76. The molecule has 0 atom stereocenters. The molecule has 1 aliphatic heterocycles. The summed E-state index contributed by atoms with van der Waals surface area (Å²) in [5.41, 5.74) is -0.779. The van der Waals surface area contributed by atoms with Crippen LogP contribution < -0.4 is 5.32 Å². The van der Waals surface area contributed by atoms with E-state index in [9.17, 15) is 9.59 Å². The predicted octanol–water partition coefficient (Wildman–Crippen LogP) is 1.95. The predicted molar refractivity (Wildman–Crippen MR) is 77.6 cm³/mol. The van der Waals surface area contributed by atoms with Gasteiger partial charge in [0.2, 0.25) is 5.91 Å². The van der Waals surface area contributed by atoms with Crippen molar-refractivity contribution < 1.29 is 14.4 Å². The van der Waals surface area contributed by atoms with E-state index in [0.717, 1.165) is 6.08 Å². The second kappa shape index (κ2) is 5.79. The Bertz CT molecular complexity index is 409. The minimum absolute atomic E-state index is 0.0178. The molecular weight excluding hydrogens is 256 g/mol. The maximum atomic E-state index is 11.5. The lowest BCUT2D eigenvalue weighted by Crippen LogP contribution is -2.64. The summed E-state index contributed by atoms with van der Waals surface area (Å²) in [6, 6.07) is 0.0178. The monoisotopic (exact) mass is 280 g/mol. The van der Waals surface area contributed by atoms with Gasteiger partial charge in [-0.1, -0.05) is 13.2 Å². The highest BCUT2D eigenvalue weighted by Gasteiger charge is 2.48. The van der Waals surface area contributed by atoms with Gasteiger partial charge in [-0.25, -0.2) is 4.79 Å². The number of amides is 1. The van der Waals surface area contributed by atoms with E-state index < -0.39 is 5.97 Å². The Morgan fingerprint density at radius 3 is 2.05 bits per heavy atom. The molecule has 20 heavy (non-hydrogen) atoms. The average molecular weight is 280 g/mol. The summed E-state index contributed by atoms with van der Waals surface area (Å²) >= 11 is 0. The Balaban J connectivity index is 2.91. The molecule has 1 amide bonds. The van der Waals surface area contributed by atoms with Crippen LogP contribution in [0.1, 0.15) is 40.5 Å². The summed E-state index contributed by atoms with van der Waals surface area (Å²) < 4.78 is 0. The number of hydrogen-bond donors (Lipinski definition) is 1. The molecule has 5 heteroatoms. The first-order valence-electron chi connectivity index (χ1n) is 6.70. The molecule has 0 radical (unpaired) electrons. The van der Waals surface area contributed by atoms with Gasteiger partial charge in [0.25, 0.3) is 0 Å². The van der Waals surface area contributed by atoms with Gasteiger partial charge in [0.05, 0.1) is 11.1 Å². The van der Waals surface area contributed by atoms with Crippen molar-refractivity contribution in [3.63, 3.8) is 0 Å². The molecule has 1 aliphatic rings. The number of carbonyl (C=O) groups excluding carboxylic acids is 2. The SMILES string of the molecule is C=CC(=O)NC1CC(C)(C)N(OC(=O)C=C)C(C)(C)C1. The highest BCUT2D eigenvalue weighted by atomic mass is 16.7. The second-order valence-electron chi connectivity index (χ2n) is 6.35. The summed E-state index contributed by atoms with van der Waals surface area (Å²) in [6.07, 6.45) is 3.78. The van der Waals surface area contributed by atoms with Crippen molar-refractivity contribution in [2.45, 2.75) is 57.7 Å². The van der Waals surface area contributed by atoms with E-state index in [0.29, 0.717) is 12.8 Å². The highest BCUT2D eigenvalue weighted by molar-refractivity contribution is 5.87. The largest absolute Gasteiger partial charge is 0.363 e. The van der Waals surface area contributed by atoms with Gasteiger partial charge in [-0.2, -0.15) is 0 Å². The van der Waals surface area contributed by atoms with E-state index in [1.165, 1.54) is 6.08 Å². The quantitative estimate of drug-likeness (QED) is 0.800. The topological polar surface area (TPSA) is 58.6 Å². The van der Waals surface area contributed by atoms with E-state index in [-0.39, 0.29) is 23.0 Å². The van der Waals surface area contributed by atoms with E-state index in [1.54, 1.807) is 5.06 Å². The van der Waals surface area contributed by atoms with Gasteiger partial charge in [-0.05, 0) is 46.6 Å². The lowest BCUT2D eigenvalue weighted by molar-refractivity contribution is -0.264. The average Bonchev–Trinajstić information content (AvgIpc) is 2.32. The first-order valence-corrected chi connectivity index (χ1v) is 6.70. The minimum atomic E-state index is -0.472. The van der Waals surface area contributed by atoms with Crippen molar-refractivity contribution >= 4 is 11.9 Å². The molecule has 0 unspecified atom stereocenters. The van der Waals surface area contributed by atoms with Crippen LogP contribution in [0.15, 0.2) is 25.3 Å². The maximum absolute atomic E-state index is 11.5. The second-order valence-corrected chi connectivity index (χ2v) is 6.35. The molecule has 1 saturated heterocycles. The van der Waals surface area contributed by atoms with Crippen molar-refractivity contribution in [3.05, 3.63) is 25.3 Å². The Labute approximate surface area is 120 Å². The van der Waals surface area contributed by atoms with Gasteiger partial charge in [-0.3, -0.25) is 4.79 Å². The van der Waals surface area contributed by atoms with Crippen molar-refractivity contribution in [1.29, 1.82) is 0 Å². The summed E-state index contributed by atoms with van der Waals surface area (Å²) in [4.78, 5) is 28.4. The molecule has 1 fully saturated rings. The molecule has 0 bridgehead atoms. The third kappa shape index (κ3) is 3.70. The van der Waals surface area contributed by atoms with E-state index >= 15 is 0 Å². The fourth-order valence-electron chi connectivity index (χ4n) is 3.00. The van der Waals surface area contributed by atoms with Crippen LogP contribution in [0.2, 0.25) is 0 Å². The molecular formula is C15H24N2O3. The standard InChI is InChI=1S/C15H24N2O3/c1-7-12(18)16-11-9-14(3,4)17(15(5,6)10-11)20-13(19)8-2/h7-8,11H,1-2,9-10H2,3-6H3,(H,16,18). The number of rotatable bonds is 4. The molecule has 5 nitrogen and oxygen atoms in total. The molecule has 1 heterocycles. The zero-order valence-corrected chi connectivity index (χ0v) is 12.7. The van der Waals surface area contributed by atoms with Gasteiger partial charge in [0.15, 0.2) is 0 Å². The summed E-state index contributed by atoms with van der Waals surface area (Å²) in [5, 5.41) is 4.63. The molecule has 0 aliphatic carbocycles. The number of hydroxylamine groups is 2.